The second-order valence-electron chi connectivity index (χ2n) is 8.39. The molecule has 8 nitrogen and oxygen atoms in total. The molecule has 0 aliphatic carbocycles. The maximum absolute atomic E-state index is 13.3. The zero-order valence-electron chi connectivity index (χ0n) is 18.2. The molecule has 164 valence electrons. The Morgan fingerprint density at radius 1 is 1.09 bits per heavy atom. The minimum Gasteiger partial charge on any atom is -0.387 e. The van der Waals surface area contributed by atoms with Gasteiger partial charge in [0, 0.05) is 49.0 Å². The highest BCUT2D eigenvalue weighted by molar-refractivity contribution is 6.04. The smallest absolute Gasteiger partial charge is 0.329 e. The van der Waals surface area contributed by atoms with Crippen LogP contribution in [0.5, 0.6) is 0 Å². The summed E-state index contributed by atoms with van der Waals surface area (Å²) in [6.45, 7) is 2.53. The normalized spacial score (nSPS) is 15.0. The van der Waals surface area contributed by atoms with Gasteiger partial charge in [-0.2, -0.15) is 0 Å². The summed E-state index contributed by atoms with van der Waals surface area (Å²) in [7, 11) is 1.77. The number of pyridine rings is 2. The predicted molar refractivity (Wildman–Crippen MR) is 122 cm³/mol. The predicted octanol–water partition coefficient (Wildman–Crippen LogP) is 2.41. The monoisotopic (exact) mass is 431 g/mol. The zero-order chi connectivity index (χ0) is 22.4. The molecular formula is C24H25N5O3. The quantitative estimate of drug-likeness (QED) is 0.538. The molecule has 1 aliphatic rings. The van der Waals surface area contributed by atoms with Crippen LogP contribution in [0.4, 0.5) is 0 Å². The SMILES string of the molecule is Cc1ccc(-c2ccc3ncc4c(c3c2)n(C2CCN(C(=O)CO)CC2)c(=O)n4C)cn1. The topological polar surface area (TPSA) is 93.3 Å². The summed E-state index contributed by atoms with van der Waals surface area (Å²) in [5.41, 5.74) is 5.39. The number of aromatic nitrogens is 4. The van der Waals surface area contributed by atoms with Crippen molar-refractivity contribution >= 4 is 27.8 Å². The summed E-state index contributed by atoms with van der Waals surface area (Å²) in [6.07, 6.45) is 4.94. The van der Waals surface area contributed by atoms with E-state index in [1.54, 1.807) is 22.7 Å². The summed E-state index contributed by atoms with van der Waals surface area (Å²) in [5.74, 6) is -0.264. The number of carbonyl (C=O) groups excluding carboxylic acids is 1. The van der Waals surface area contributed by atoms with Crippen molar-refractivity contribution in [3.63, 3.8) is 0 Å². The van der Waals surface area contributed by atoms with Gasteiger partial charge in [-0.15, -0.1) is 0 Å². The molecule has 8 heteroatoms. The number of benzene rings is 1. The van der Waals surface area contributed by atoms with Crippen LogP contribution in [-0.4, -0.2) is 54.7 Å². The number of aliphatic hydroxyl groups excluding tert-OH is 1. The van der Waals surface area contributed by atoms with Crippen LogP contribution >= 0.6 is 0 Å². The van der Waals surface area contributed by atoms with E-state index in [4.69, 9.17) is 5.11 Å². The Hall–Kier alpha value is -3.52. The van der Waals surface area contributed by atoms with Crippen LogP contribution in [0.25, 0.3) is 33.1 Å². The van der Waals surface area contributed by atoms with Crippen LogP contribution in [0.1, 0.15) is 24.6 Å². The van der Waals surface area contributed by atoms with Crippen molar-refractivity contribution in [3.8, 4) is 11.1 Å². The summed E-state index contributed by atoms with van der Waals surface area (Å²) >= 11 is 0. The number of aryl methyl sites for hydroxylation is 2. The molecule has 1 amide bonds. The van der Waals surface area contributed by atoms with E-state index in [1.165, 1.54) is 0 Å². The zero-order valence-corrected chi connectivity index (χ0v) is 18.2. The van der Waals surface area contributed by atoms with Crippen LogP contribution in [0.2, 0.25) is 0 Å². The average molecular weight is 431 g/mol. The third kappa shape index (κ3) is 3.27. The Bertz CT molecular complexity index is 1380. The molecule has 1 aromatic carbocycles. The van der Waals surface area contributed by atoms with E-state index in [0.717, 1.165) is 38.8 Å². The molecule has 4 aromatic rings. The molecule has 4 heterocycles. The Morgan fingerprint density at radius 3 is 2.53 bits per heavy atom. The van der Waals surface area contributed by atoms with E-state index in [-0.39, 0.29) is 17.6 Å². The van der Waals surface area contributed by atoms with Gasteiger partial charge in [0.15, 0.2) is 0 Å². The fraction of sp³-hybridized carbons (Fsp3) is 0.333. The molecule has 0 spiro atoms. The fourth-order valence-corrected chi connectivity index (χ4v) is 4.66. The van der Waals surface area contributed by atoms with Gasteiger partial charge in [0.2, 0.25) is 5.91 Å². The van der Waals surface area contributed by atoms with Gasteiger partial charge in [-0.05, 0) is 43.5 Å². The van der Waals surface area contributed by atoms with Crippen molar-refractivity contribution in [1.82, 2.24) is 24.0 Å². The lowest BCUT2D eigenvalue weighted by molar-refractivity contribution is -0.135. The first-order chi connectivity index (χ1) is 15.5. The lowest BCUT2D eigenvalue weighted by Gasteiger charge is -2.32. The van der Waals surface area contributed by atoms with Crippen LogP contribution in [0, 0.1) is 6.92 Å². The molecule has 0 radical (unpaired) electrons. The van der Waals surface area contributed by atoms with Crippen molar-refractivity contribution in [2.75, 3.05) is 19.7 Å². The third-order valence-corrected chi connectivity index (χ3v) is 6.48. The van der Waals surface area contributed by atoms with Crippen LogP contribution in [0.15, 0.2) is 47.5 Å². The summed E-state index contributed by atoms with van der Waals surface area (Å²) in [5, 5.41) is 10.1. The largest absolute Gasteiger partial charge is 0.387 e. The van der Waals surface area contributed by atoms with Crippen molar-refractivity contribution in [2.24, 2.45) is 7.05 Å². The number of amides is 1. The second-order valence-corrected chi connectivity index (χ2v) is 8.39. The highest BCUT2D eigenvalue weighted by atomic mass is 16.3. The van der Waals surface area contributed by atoms with Gasteiger partial charge in [-0.25, -0.2) is 4.79 Å². The van der Waals surface area contributed by atoms with Crippen molar-refractivity contribution in [3.05, 3.63) is 58.9 Å². The lowest BCUT2D eigenvalue weighted by Crippen LogP contribution is -2.42. The molecule has 1 fully saturated rings. The number of fused-ring (bicyclic) bond motifs is 3. The van der Waals surface area contributed by atoms with Gasteiger partial charge >= 0.3 is 5.69 Å². The number of nitrogens with zero attached hydrogens (tertiary/aromatic N) is 5. The van der Waals surface area contributed by atoms with Gasteiger partial charge in [0.25, 0.3) is 0 Å². The molecule has 3 aromatic heterocycles. The molecule has 0 unspecified atom stereocenters. The summed E-state index contributed by atoms with van der Waals surface area (Å²) < 4.78 is 3.52. The Morgan fingerprint density at radius 2 is 1.84 bits per heavy atom. The van der Waals surface area contributed by atoms with Crippen LogP contribution < -0.4 is 5.69 Å². The number of aliphatic hydroxyl groups is 1. The second kappa shape index (κ2) is 7.87. The van der Waals surface area contributed by atoms with Crippen molar-refractivity contribution in [1.29, 1.82) is 0 Å². The van der Waals surface area contributed by atoms with E-state index < -0.39 is 6.61 Å². The molecule has 5 rings (SSSR count). The van der Waals surface area contributed by atoms with Gasteiger partial charge < -0.3 is 10.0 Å². The summed E-state index contributed by atoms with van der Waals surface area (Å²) in [6, 6.07) is 10.1. The Balaban J connectivity index is 1.65. The number of imidazole rings is 1. The summed E-state index contributed by atoms with van der Waals surface area (Å²) in [4.78, 5) is 35.8. The molecule has 32 heavy (non-hydrogen) atoms. The number of hydrogen-bond acceptors (Lipinski definition) is 5. The van der Waals surface area contributed by atoms with E-state index >= 15 is 0 Å². The van der Waals surface area contributed by atoms with Gasteiger partial charge in [-0.3, -0.25) is 23.9 Å². The first-order valence-corrected chi connectivity index (χ1v) is 10.8. The van der Waals surface area contributed by atoms with Gasteiger partial charge in [-0.1, -0.05) is 12.1 Å². The van der Waals surface area contributed by atoms with Gasteiger partial charge in [0.1, 0.15) is 6.61 Å². The average Bonchev–Trinajstić information content (AvgIpc) is 3.09. The molecule has 1 saturated heterocycles. The fourth-order valence-electron chi connectivity index (χ4n) is 4.66. The number of likely N-dealkylation sites (tertiary alicyclic amines) is 1. The maximum atomic E-state index is 13.3. The molecule has 0 saturated carbocycles. The highest BCUT2D eigenvalue weighted by Gasteiger charge is 2.27. The van der Waals surface area contributed by atoms with Crippen molar-refractivity contribution in [2.45, 2.75) is 25.8 Å². The molecule has 0 bridgehead atoms. The number of hydrogen-bond donors (Lipinski definition) is 1. The van der Waals surface area contributed by atoms with Crippen molar-refractivity contribution < 1.29 is 9.90 Å². The van der Waals surface area contributed by atoms with E-state index in [0.29, 0.717) is 25.9 Å². The first-order valence-electron chi connectivity index (χ1n) is 10.8. The standard InChI is InChI=1S/C24H25N5O3/c1-15-3-4-17(12-25-15)16-5-6-20-19(11-16)23-21(13-26-20)27(2)24(32)29(23)18-7-9-28(10-8-18)22(31)14-30/h3-6,11-13,18,30H,7-10,14H2,1-2H3. The van der Waals surface area contributed by atoms with Gasteiger partial charge in [0.05, 0.1) is 22.7 Å². The molecular weight excluding hydrogens is 406 g/mol. The maximum Gasteiger partial charge on any atom is 0.329 e. The number of rotatable bonds is 3. The first kappa shape index (κ1) is 20.4. The Labute approximate surface area is 184 Å². The minimum absolute atomic E-state index is 0.0239. The Kier molecular flexibility index (Phi) is 5.01. The molecule has 1 aliphatic heterocycles. The number of piperidine rings is 1. The van der Waals surface area contributed by atoms with E-state index in [1.807, 2.05) is 42.0 Å². The third-order valence-electron chi connectivity index (χ3n) is 6.48. The van der Waals surface area contributed by atoms with E-state index in [9.17, 15) is 9.59 Å². The highest BCUT2D eigenvalue weighted by Crippen LogP contribution is 2.32. The number of carbonyl (C=O) groups is 1. The van der Waals surface area contributed by atoms with Crippen LogP contribution in [0.3, 0.4) is 0 Å². The minimum atomic E-state index is -0.480. The van der Waals surface area contributed by atoms with Crippen LogP contribution in [-0.2, 0) is 11.8 Å². The lowest BCUT2D eigenvalue weighted by atomic mass is 10.0. The molecule has 0 atom stereocenters. The molecule has 1 N–H and O–H groups in total. The van der Waals surface area contributed by atoms with E-state index in [2.05, 4.69) is 16.0 Å².